The van der Waals surface area contributed by atoms with Crippen molar-refractivity contribution >= 4 is 40.0 Å². The normalized spacial score (nSPS) is 17.7. The number of thioether (sulfide) groups is 1. The monoisotopic (exact) mass is 259 g/mol. The van der Waals surface area contributed by atoms with Crippen LogP contribution in [0.3, 0.4) is 0 Å². The first-order valence-corrected chi connectivity index (χ1v) is 6.18. The van der Waals surface area contributed by atoms with E-state index in [-0.39, 0.29) is 11.1 Å². The molecule has 1 aromatic carbocycles. The van der Waals surface area contributed by atoms with Crippen LogP contribution in [0.5, 0.6) is 0 Å². The van der Waals surface area contributed by atoms with Crippen LogP contribution in [0, 0.1) is 6.92 Å². The lowest BCUT2D eigenvalue weighted by Gasteiger charge is -1.95. The Labute approximate surface area is 107 Å². The molecule has 1 fully saturated rings. The third kappa shape index (κ3) is 1.93. The van der Waals surface area contributed by atoms with E-state index < -0.39 is 0 Å². The van der Waals surface area contributed by atoms with E-state index in [0.717, 1.165) is 34.1 Å². The number of benzene rings is 1. The number of carbonyl (C=O) groups excluding carboxylic acids is 2. The van der Waals surface area contributed by atoms with Crippen molar-refractivity contribution < 1.29 is 14.0 Å². The first-order chi connectivity index (χ1) is 8.61. The Morgan fingerprint density at radius 1 is 1.28 bits per heavy atom. The summed E-state index contributed by atoms with van der Waals surface area (Å²) in [5.41, 5.74) is 1.61. The molecule has 0 radical (unpaired) electrons. The summed E-state index contributed by atoms with van der Waals surface area (Å²) in [6.45, 7) is 1.89. The van der Waals surface area contributed by atoms with Gasteiger partial charge >= 0.3 is 0 Å². The quantitative estimate of drug-likeness (QED) is 0.799. The fraction of sp³-hybridized carbons (Fsp3) is 0.0769. The number of amides is 2. The van der Waals surface area contributed by atoms with Gasteiger partial charge in [0.15, 0.2) is 0 Å². The number of rotatable bonds is 1. The molecule has 0 atom stereocenters. The number of furan rings is 1. The first-order valence-electron chi connectivity index (χ1n) is 5.37. The van der Waals surface area contributed by atoms with E-state index in [1.807, 2.05) is 31.2 Å². The Balaban J connectivity index is 2.02. The maximum atomic E-state index is 11.4. The van der Waals surface area contributed by atoms with Crippen molar-refractivity contribution in [2.24, 2.45) is 0 Å². The summed E-state index contributed by atoms with van der Waals surface area (Å²) in [5.74, 6) is 0.499. The van der Waals surface area contributed by atoms with Crippen molar-refractivity contribution in [3.8, 4) is 0 Å². The third-order valence-corrected chi connectivity index (χ3v) is 3.42. The van der Waals surface area contributed by atoms with E-state index in [0.29, 0.717) is 4.91 Å². The fourth-order valence-corrected chi connectivity index (χ4v) is 2.52. The van der Waals surface area contributed by atoms with Gasteiger partial charge in [-0.1, -0.05) is 12.1 Å². The Bertz CT molecular complexity index is 699. The molecule has 1 saturated heterocycles. The van der Waals surface area contributed by atoms with Crippen molar-refractivity contribution in [3.05, 3.63) is 40.5 Å². The molecule has 90 valence electrons. The Morgan fingerprint density at radius 2 is 2.11 bits per heavy atom. The van der Waals surface area contributed by atoms with Crippen LogP contribution in [-0.4, -0.2) is 11.1 Å². The molecular weight excluding hydrogens is 250 g/mol. The highest BCUT2D eigenvalue weighted by Crippen LogP contribution is 2.27. The smallest absolute Gasteiger partial charge is 0.290 e. The molecule has 2 heterocycles. The van der Waals surface area contributed by atoms with Gasteiger partial charge in [-0.25, -0.2) is 0 Å². The Kier molecular flexibility index (Phi) is 2.48. The van der Waals surface area contributed by atoms with Crippen molar-refractivity contribution in [2.75, 3.05) is 0 Å². The van der Waals surface area contributed by atoms with E-state index in [9.17, 15) is 9.59 Å². The van der Waals surface area contributed by atoms with Gasteiger partial charge in [-0.15, -0.1) is 0 Å². The van der Waals surface area contributed by atoms with E-state index in [2.05, 4.69) is 5.32 Å². The van der Waals surface area contributed by atoms with Gasteiger partial charge in [-0.05, 0) is 42.5 Å². The van der Waals surface area contributed by atoms with Gasteiger partial charge in [0, 0.05) is 5.39 Å². The molecular formula is C13H9NO3S. The lowest BCUT2D eigenvalue weighted by Crippen LogP contribution is -2.17. The molecule has 0 bridgehead atoms. The predicted molar refractivity (Wildman–Crippen MR) is 70.1 cm³/mol. The van der Waals surface area contributed by atoms with Crippen molar-refractivity contribution in [1.82, 2.24) is 5.32 Å². The van der Waals surface area contributed by atoms with Crippen LogP contribution in [0.15, 0.2) is 33.6 Å². The second-order valence-corrected chi connectivity index (χ2v) is 5.02. The van der Waals surface area contributed by atoms with E-state index in [4.69, 9.17) is 4.42 Å². The molecule has 0 unspecified atom stereocenters. The largest absolute Gasteiger partial charge is 0.461 e. The van der Waals surface area contributed by atoms with Gasteiger partial charge in [0.05, 0.1) is 4.91 Å². The SMILES string of the molecule is Cc1cc2ccc(/C=C3/SC(=O)NC3=O)cc2o1. The zero-order valence-corrected chi connectivity index (χ0v) is 10.3. The molecule has 3 rings (SSSR count). The Hall–Kier alpha value is -2.01. The van der Waals surface area contributed by atoms with Crippen LogP contribution in [0.2, 0.25) is 0 Å². The molecule has 2 amide bonds. The fourth-order valence-electron chi connectivity index (χ4n) is 1.84. The standard InChI is InChI=1S/C13H9NO3S/c1-7-4-9-3-2-8(5-10(9)17-7)6-11-12(15)14-13(16)18-11/h2-6H,1H3,(H,14,15,16)/b11-6+. The number of fused-ring (bicyclic) bond motifs is 1. The van der Waals surface area contributed by atoms with Crippen molar-refractivity contribution in [3.63, 3.8) is 0 Å². The molecule has 1 aliphatic heterocycles. The first kappa shape index (κ1) is 11.1. The van der Waals surface area contributed by atoms with Crippen molar-refractivity contribution in [1.29, 1.82) is 0 Å². The maximum Gasteiger partial charge on any atom is 0.290 e. The molecule has 0 aliphatic carbocycles. The summed E-state index contributed by atoms with van der Waals surface area (Å²) in [5, 5.41) is 2.91. The minimum Gasteiger partial charge on any atom is -0.461 e. The molecule has 18 heavy (non-hydrogen) atoms. The number of hydrogen-bond donors (Lipinski definition) is 1. The molecule has 0 saturated carbocycles. The van der Waals surface area contributed by atoms with Gasteiger partial charge in [-0.2, -0.15) is 0 Å². The van der Waals surface area contributed by atoms with Crippen LogP contribution in [-0.2, 0) is 4.79 Å². The van der Waals surface area contributed by atoms with E-state index >= 15 is 0 Å². The van der Waals surface area contributed by atoms with Crippen molar-refractivity contribution in [2.45, 2.75) is 6.92 Å². The molecule has 1 aliphatic rings. The van der Waals surface area contributed by atoms with Crippen LogP contribution in [0.1, 0.15) is 11.3 Å². The minimum atomic E-state index is -0.347. The van der Waals surface area contributed by atoms with Gasteiger partial charge < -0.3 is 4.42 Å². The molecule has 4 nitrogen and oxygen atoms in total. The highest BCUT2D eigenvalue weighted by Gasteiger charge is 2.24. The van der Waals surface area contributed by atoms with Gasteiger partial charge in [-0.3, -0.25) is 14.9 Å². The molecule has 5 heteroatoms. The number of imide groups is 1. The average Bonchev–Trinajstić information content (AvgIpc) is 2.80. The zero-order chi connectivity index (χ0) is 12.7. The van der Waals surface area contributed by atoms with Crippen LogP contribution < -0.4 is 5.32 Å². The molecule has 1 N–H and O–H groups in total. The van der Waals surface area contributed by atoms with Gasteiger partial charge in [0.25, 0.3) is 11.1 Å². The zero-order valence-electron chi connectivity index (χ0n) is 9.52. The molecule has 0 spiro atoms. The third-order valence-electron chi connectivity index (χ3n) is 2.61. The second kappa shape index (κ2) is 4.03. The number of carbonyl (C=O) groups is 2. The summed E-state index contributed by atoms with van der Waals surface area (Å²) < 4.78 is 5.52. The average molecular weight is 259 g/mol. The number of hydrogen-bond acceptors (Lipinski definition) is 4. The number of aryl methyl sites for hydroxylation is 1. The summed E-state index contributed by atoms with van der Waals surface area (Å²) in [6, 6.07) is 7.62. The van der Waals surface area contributed by atoms with Crippen LogP contribution in [0.4, 0.5) is 4.79 Å². The van der Waals surface area contributed by atoms with Gasteiger partial charge in [0.1, 0.15) is 11.3 Å². The van der Waals surface area contributed by atoms with E-state index in [1.54, 1.807) is 6.08 Å². The predicted octanol–water partition coefficient (Wildman–Crippen LogP) is 3.07. The van der Waals surface area contributed by atoms with Crippen LogP contribution >= 0.6 is 11.8 Å². The minimum absolute atomic E-state index is 0.332. The van der Waals surface area contributed by atoms with Crippen LogP contribution in [0.25, 0.3) is 17.0 Å². The molecule has 1 aromatic heterocycles. The van der Waals surface area contributed by atoms with E-state index in [1.165, 1.54) is 0 Å². The second-order valence-electron chi connectivity index (χ2n) is 4.01. The maximum absolute atomic E-state index is 11.4. The highest BCUT2D eigenvalue weighted by atomic mass is 32.2. The summed E-state index contributed by atoms with van der Waals surface area (Å²) >= 11 is 0.910. The van der Waals surface area contributed by atoms with Gasteiger partial charge in [0.2, 0.25) is 0 Å². The summed E-state index contributed by atoms with van der Waals surface area (Å²) in [7, 11) is 0. The number of nitrogens with one attached hydrogen (secondary N) is 1. The lowest BCUT2D eigenvalue weighted by molar-refractivity contribution is -0.115. The lowest BCUT2D eigenvalue weighted by atomic mass is 10.1. The Morgan fingerprint density at radius 3 is 2.83 bits per heavy atom. The summed E-state index contributed by atoms with van der Waals surface area (Å²) in [4.78, 5) is 22.9. The summed E-state index contributed by atoms with van der Waals surface area (Å²) in [6.07, 6.45) is 1.68. The molecule has 2 aromatic rings. The topological polar surface area (TPSA) is 59.3 Å². The highest BCUT2D eigenvalue weighted by molar-refractivity contribution is 8.18.